The second-order valence-corrected chi connectivity index (χ2v) is 4.90. The third-order valence-electron chi connectivity index (χ3n) is 3.35. The molecule has 2 rings (SSSR count). The first-order valence-electron chi connectivity index (χ1n) is 7.18. The predicted molar refractivity (Wildman–Crippen MR) is 78.1 cm³/mol. The highest BCUT2D eigenvalue weighted by atomic mass is 19.1. The molecule has 1 aromatic rings. The molecule has 1 aliphatic heterocycles. The van der Waals surface area contributed by atoms with Crippen molar-refractivity contribution in [3.8, 4) is 5.75 Å². The topological polar surface area (TPSA) is 33.7 Å². The van der Waals surface area contributed by atoms with Gasteiger partial charge in [0.2, 0.25) is 0 Å². The average Bonchev–Trinajstić information content (AvgIpc) is 2.74. The van der Waals surface area contributed by atoms with Gasteiger partial charge in [-0.25, -0.2) is 4.39 Å². The molecule has 1 fully saturated rings. The van der Waals surface area contributed by atoms with Crippen LogP contribution in [0.3, 0.4) is 0 Å². The molecule has 20 heavy (non-hydrogen) atoms. The van der Waals surface area contributed by atoms with E-state index in [0.29, 0.717) is 13.2 Å². The molecule has 0 aliphatic carbocycles. The summed E-state index contributed by atoms with van der Waals surface area (Å²) < 4.78 is 24.3. The van der Waals surface area contributed by atoms with Gasteiger partial charge in [-0.1, -0.05) is 0 Å². The molecule has 0 unspecified atom stereocenters. The quantitative estimate of drug-likeness (QED) is 0.810. The number of hydrogen-bond donors (Lipinski definition) is 1. The van der Waals surface area contributed by atoms with Crippen LogP contribution in [0.5, 0.6) is 5.75 Å². The van der Waals surface area contributed by atoms with Gasteiger partial charge in [0.15, 0.2) is 0 Å². The standard InChI is InChI=1S/C15H23FN2O2/c1-19-10-3-11-20-15-5-4-13(16)12-14(15)18-8-2-6-17-7-9-18/h4-5,12,17H,2-3,6-11H2,1H3. The van der Waals surface area contributed by atoms with E-state index in [9.17, 15) is 4.39 Å². The normalized spacial score (nSPS) is 16.0. The Balaban J connectivity index is 2.06. The van der Waals surface area contributed by atoms with Gasteiger partial charge in [-0.05, 0) is 25.1 Å². The maximum absolute atomic E-state index is 13.5. The van der Waals surface area contributed by atoms with E-state index in [-0.39, 0.29) is 5.82 Å². The Bertz CT molecular complexity index is 407. The van der Waals surface area contributed by atoms with Crippen molar-refractivity contribution in [2.45, 2.75) is 12.8 Å². The van der Waals surface area contributed by atoms with Crippen LogP contribution in [0.2, 0.25) is 0 Å². The minimum atomic E-state index is -0.221. The molecular formula is C15H23FN2O2. The first-order valence-corrected chi connectivity index (χ1v) is 7.18. The van der Waals surface area contributed by atoms with Crippen LogP contribution in [-0.2, 0) is 4.74 Å². The highest BCUT2D eigenvalue weighted by molar-refractivity contribution is 5.58. The molecule has 112 valence electrons. The molecule has 4 nitrogen and oxygen atoms in total. The summed E-state index contributed by atoms with van der Waals surface area (Å²) in [7, 11) is 1.67. The minimum absolute atomic E-state index is 0.221. The average molecular weight is 282 g/mol. The summed E-state index contributed by atoms with van der Waals surface area (Å²) in [4.78, 5) is 2.19. The van der Waals surface area contributed by atoms with Crippen LogP contribution in [-0.4, -0.2) is 46.5 Å². The number of nitrogens with zero attached hydrogens (tertiary/aromatic N) is 1. The summed E-state index contributed by atoms with van der Waals surface area (Å²) in [5, 5.41) is 3.35. The highest BCUT2D eigenvalue weighted by Gasteiger charge is 2.15. The molecule has 1 aliphatic rings. The van der Waals surface area contributed by atoms with Crippen molar-refractivity contribution in [3.63, 3.8) is 0 Å². The van der Waals surface area contributed by atoms with Crippen LogP contribution < -0.4 is 15.0 Å². The van der Waals surface area contributed by atoms with Gasteiger partial charge in [0, 0.05) is 45.8 Å². The Morgan fingerprint density at radius 3 is 3.00 bits per heavy atom. The molecular weight excluding hydrogens is 259 g/mol. The van der Waals surface area contributed by atoms with Crippen LogP contribution in [0.15, 0.2) is 18.2 Å². The SMILES string of the molecule is COCCCOc1ccc(F)cc1N1CCCNCC1. The number of halogens is 1. The van der Waals surface area contributed by atoms with E-state index >= 15 is 0 Å². The number of methoxy groups -OCH3 is 1. The maximum atomic E-state index is 13.5. The van der Waals surface area contributed by atoms with Crippen LogP contribution in [0.25, 0.3) is 0 Å². The van der Waals surface area contributed by atoms with Gasteiger partial charge in [0.05, 0.1) is 12.3 Å². The fourth-order valence-electron chi connectivity index (χ4n) is 2.33. The fourth-order valence-corrected chi connectivity index (χ4v) is 2.33. The lowest BCUT2D eigenvalue weighted by Crippen LogP contribution is -2.28. The monoisotopic (exact) mass is 282 g/mol. The largest absolute Gasteiger partial charge is 0.491 e. The number of nitrogens with one attached hydrogen (secondary N) is 1. The van der Waals surface area contributed by atoms with Gasteiger partial charge in [0.25, 0.3) is 0 Å². The molecule has 0 radical (unpaired) electrons. The van der Waals surface area contributed by atoms with Crippen molar-refractivity contribution in [2.75, 3.05) is 51.4 Å². The van der Waals surface area contributed by atoms with Crippen molar-refractivity contribution in [1.29, 1.82) is 0 Å². The third-order valence-corrected chi connectivity index (χ3v) is 3.35. The van der Waals surface area contributed by atoms with Crippen LogP contribution in [0.4, 0.5) is 10.1 Å². The molecule has 1 saturated heterocycles. The second kappa shape index (κ2) is 8.07. The van der Waals surface area contributed by atoms with E-state index < -0.39 is 0 Å². The molecule has 0 amide bonds. The molecule has 0 bridgehead atoms. The summed E-state index contributed by atoms with van der Waals surface area (Å²) >= 11 is 0. The van der Waals surface area contributed by atoms with Crippen LogP contribution >= 0.6 is 0 Å². The second-order valence-electron chi connectivity index (χ2n) is 4.90. The zero-order valence-electron chi connectivity index (χ0n) is 12.0. The Labute approximate surface area is 119 Å². The molecule has 0 atom stereocenters. The van der Waals surface area contributed by atoms with E-state index in [0.717, 1.165) is 50.5 Å². The summed E-state index contributed by atoms with van der Waals surface area (Å²) in [6, 6.07) is 4.73. The first kappa shape index (κ1) is 15.1. The van der Waals surface area contributed by atoms with Crippen molar-refractivity contribution < 1.29 is 13.9 Å². The van der Waals surface area contributed by atoms with E-state index in [2.05, 4.69) is 10.2 Å². The van der Waals surface area contributed by atoms with E-state index in [1.54, 1.807) is 19.2 Å². The Morgan fingerprint density at radius 1 is 1.25 bits per heavy atom. The van der Waals surface area contributed by atoms with Gasteiger partial charge < -0.3 is 19.7 Å². The number of rotatable bonds is 6. The molecule has 0 aromatic heterocycles. The van der Waals surface area contributed by atoms with Gasteiger partial charge in [-0.3, -0.25) is 0 Å². The van der Waals surface area contributed by atoms with Crippen LogP contribution in [0, 0.1) is 5.82 Å². The number of benzene rings is 1. The smallest absolute Gasteiger partial charge is 0.142 e. The lowest BCUT2D eigenvalue weighted by Gasteiger charge is -2.25. The summed E-state index contributed by atoms with van der Waals surface area (Å²) in [6.07, 6.45) is 1.88. The van der Waals surface area contributed by atoms with Gasteiger partial charge >= 0.3 is 0 Å². The lowest BCUT2D eigenvalue weighted by molar-refractivity contribution is 0.172. The van der Waals surface area contributed by atoms with Gasteiger partial charge in [-0.15, -0.1) is 0 Å². The first-order chi connectivity index (χ1) is 9.81. The summed E-state index contributed by atoms with van der Waals surface area (Å²) in [6.45, 7) is 4.97. The Kier molecular flexibility index (Phi) is 6.08. The molecule has 1 heterocycles. The number of ether oxygens (including phenoxy) is 2. The maximum Gasteiger partial charge on any atom is 0.142 e. The Hall–Kier alpha value is -1.33. The number of hydrogen-bond acceptors (Lipinski definition) is 4. The highest BCUT2D eigenvalue weighted by Crippen LogP contribution is 2.29. The van der Waals surface area contributed by atoms with Crippen LogP contribution in [0.1, 0.15) is 12.8 Å². The summed E-state index contributed by atoms with van der Waals surface area (Å²) in [5.74, 6) is 0.533. The van der Waals surface area contributed by atoms with E-state index in [4.69, 9.17) is 9.47 Å². The van der Waals surface area contributed by atoms with Crippen molar-refractivity contribution in [1.82, 2.24) is 5.32 Å². The van der Waals surface area contributed by atoms with E-state index in [1.165, 1.54) is 6.07 Å². The Morgan fingerprint density at radius 2 is 2.15 bits per heavy atom. The summed E-state index contributed by atoms with van der Waals surface area (Å²) in [5.41, 5.74) is 0.853. The number of anilines is 1. The molecule has 0 spiro atoms. The lowest BCUT2D eigenvalue weighted by atomic mass is 10.2. The van der Waals surface area contributed by atoms with Crippen molar-refractivity contribution >= 4 is 5.69 Å². The van der Waals surface area contributed by atoms with Gasteiger partial charge in [0.1, 0.15) is 11.6 Å². The van der Waals surface area contributed by atoms with Gasteiger partial charge in [-0.2, -0.15) is 0 Å². The van der Waals surface area contributed by atoms with E-state index in [1.807, 2.05) is 0 Å². The third kappa shape index (κ3) is 4.35. The molecule has 1 N–H and O–H groups in total. The predicted octanol–water partition coefficient (Wildman–Crippen LogP) is 2.04. The molecule has 5 heteroatoms. The van der Waals surface area contributed by atoms with Crippen molar-refractivity contribution in [3.05, 3.63) is 24.0 Å². The minimum Gasteiger partial charge on any atom is -0.491 e. The van der Waals surface area contributed by atoms with Crippen molar-refractivity contribution in [2.24, 2.45) is 0 Å². The fraction of sp³-hybridized carbons (Fsp3) is 0.600. The zero-order chi connectivity index (χ0) is 14.2. The molecule has 1 aromatic carbocycles. The molecule has 0 saturated carbocycles. The zero-order valence-corrected chi connectivity index (χ0v) is 12.0.